The van der Waals surface area contributed by atoms with Gasteiger partial charge in [0.1, 0.15) is 0 Å². The third-order valence-electron chi connectivity index (χ3n) is 3.40. The average molecular weight is 216 g/mol. The Balaban J connectivity index is 2.65. The summed E-state index contributed by atoms with van der Waals surface area (Å²) in [6.45, 7) is 7.85. The Morgan fingerprint density at radius 2 is 1.75 bits per heavy atom. The summed E-state index contributed by atoms with van der Waals surface area (Å²) in [4.78, 5) is 23.6. The molecule has 2 rings (SSSR count). The highest BCUT2D eigenvalue weighted by atomic mass is 16.2. The summed E-state index contributed by atoms with van der Waals surface area (Å²) < 4.78 is 0. The van der Waals surface area contributed by atoms with Crippen molar-refractivity contribution in [2.24, 2.45) is 0 Å². The van der Waals surface area contributed by atoms with Crippen molar-refractivity contribution < 1.29 is 9.59 Å². The van der Waals surface area contributed by atoms with Crippen LogP contribution in [0.15, 0.2) is 18.2 Å². The van der Waals surface area contributed by atoms with Crippen LogP contribution in [-0.2, 0) is 10.2 Å². The van der Waals surface area contributed by atoms with E-state index in [0.29, 0.717) is 11.5 Å². The van der Waals surface area contributed by atoms with Gasteiger partial charge in [-0.15, -0.1) is 0 Å². The fourth-order valence-electron chi connectivity index (χ4n) is 2.16. The maximum absolute atomic E-state index is 11.8. The topological polar surface area (TPSA) is 34.1 Å². The molecule has 0 heterocycles. The molecule has 0 radical (unpaired) electrons. The van der Waals surface area contributed by atoms with Gasteiger partial charge >= 0.3 is 0 Å². The van der Waals surface area contributed by atoms with Gasteiger partial charge in [-0.1, -0.05) is 32.0 Å². The van der Waals surface area contributed by atoms with Gasteiger partial charge in [0.05, 0.1) is 5.41 Å². The second-order valence-corrected chi connectivity index (χ2v) is 5.24. The summed E-state index contributed by atoms with van der Waals surface area (Å²) in [5, 5.41) is 0. The summed E-state index contributed by atoms with van der Waals surface area (Å²) in [5.74, 6) is -0.217. The van der Waals surface area contributed by atoms with Gasteiger partial charge in [0.15, 0.2) is 0 Å². The monoisotopic (exact) mass is 216 g/mol. The minimum absolute atomic E-state index is 0.289. The van der Waals surface area contributed by atoms with E-state index in [1.807, 2.05) is 26.0 Å². The summed E-state index contributed by atoms with van der Waals surface area (Å²) in [6.07, 6.45) is 0. The molecule has 0 bridgehead atoms. The first-order chi connectivity index (χ1) is 7.35. The Morgan fingerprint density at radius 3 is 2.31 bits per heavy atom. The van der Waals surface area contributed by atoms with Crippen LogP contribution in [-0.4, -0.2) is 11.6 Å². The van der Waals surface area contributed by atoms with Crippen molar-refractivity contribution >= 4 is 11.6 Å². The van der Waals surface area contributed by atoms with E-state index in [1.165, 1.54) is 5.56 Å². The molecule has 0 aliphatic heterocycles. The van der Waals surface area contributed by atoms with Crippen LogP contribution in [0.2, 0.25) is 0 Å². The molecular weight excluding hydrogens is 200 g/mol. The van der Waals surface area contributed by atoms with Gasteiger partial charge in [0, 0.05) is 5.56 Å². The second kappa shape index (κ2) is 3.27. The smallest absolute Gasteiger partial charge is 0.229 e. The minimum Gasteiger partial charge on any atom is -0.289 e. The van der Waals surface area contributed by atoms with E-state index in [2.05, 4.69) is 13.8 Å². The molecule has 0 saturated carbocycles. The number of Topliss-reactive ketones (excluding diaryl/α,β-unsaturated/α-hetero) is 2. The summed E-state index contributed by atoms with van der Waals surface area (Å²) in [6, 6.07) is 5.73. The molecule has 0 saturated heterocycles. The van der Waals surface area contributed by atoms with Gasteiger partial charge in [-0.25, -0.2) is 0 Å². The van der Waals surface area contributed by atoms with Crippen molar-refractivity contribution in [2.75, 3.05) is 0 Å². The lowest BCUT2D eigenvalue weighted by Crippen LogP contribution is -2.26. The maximum Gasteiger partial charge on any atom is 0.229 e. The quantitative estimate of drug-likeness (QED) is 0.676. The highest BCUT2D eigenvalue weighted by molar-refractivity contribution is 6.50. The Bertz CT molecular complexity index is 482. The molecule has 0 spiro atoms. The lowest BCUT2D eigenvalue weighted by Gasteiger charge is -2.17. The largest absolute Gasteiger partial charge is 0.289 e. The normalized spacial score (nSPS) is 18.1. The van der Waals surface area contributed by atoms with Crippen LogP contribution < -0.4 is 0 Å². The van der Waals surface area contributed by atoms with Crippen LogP contribution in [0.4, 0.5) is 0 Å². The minimum atomic E-state index is -0.655. The highest BCUT2D eigenvalue weighted by Crippen LogP contribution is 2.37. The molecule has 2 nitrogen and oxygen atoms in total. The molecular formula is C14H16O2. The molecule has 1 aliphatic carbocycles. The van der Waals surface area contributed by atoms with Crippen molar-refractivity contribution in [1.82, 2.24) is 0 Å². The lowest BCUT2D eigenvalue weighted by atomic mass is 9.84. The molecule has 0 unspecified atom stereocenters. The number of rotatable bonds is 1. The number of carbonyl (C=O) groups excluding carboxylic acids is 2. The molecule has 1 aromatic rings. The van der Waals surface area contributed by atoms with E-state index >= 15 is 0 Å². The van der Waals surface area contributed by atoms with Gasteiger partial charge in [0.2, 0.25) is 11.6 Å². The number of hydrogen-bond acceptors (Lipinski definition) is 2. The first-order valence-electron chi connectivity index (χ1n) is 5.59. The first kappa shape index (κ1) is 11.1. The molecule has 0 aromatic heterocycles. The molecule has 1 aromatic carbocycles. The second-order valence-electron chi connectivity index (χ2n) is 5.24. The van der Waals surface area contributed by atoms with Crippen molar-refractivity contribution in [3.8, 4) is 0 Å². The van der Waals surface area contributed by atoms with Gasteiger partial charge in [-0.3, -0.25) is 9.59 Å². The lowest BCUT2D eigenvalue weighted by molar-refractivity contribution is -0.118. The first-order valence-corrected chi connectivity index (χ1v) is 5.59. The molecule has 16 heavy (non-hydrogen) atoms. The van der Waals surface area contributed by atoms with Crippen LogP contribution in [0.25, 0.3) is 0 Å². The number of fused-ring (bicyclic) bond motifs is 1. The molecule has 84 valence electrons. The van der Waals surface area contributed by atoms with Gasteiger partial charge in [-0.05, 0) is 30.9 Å². The van der Waals surface area contributed by atoms with Gasteiger partial charge in [0.25, 0.3) is 0 Å². The van der Waals surface area contributed by atoms with Crippen molar-refractivity contribution in [3.63, 3.8) is 0 Å². The third kappa shape index (κ3) is 1.33. The molecule has 0 atom stereocenters. The fraction of sp³-hybridized carbons (Fsp3) is 0.429. The van der Waals surface area contributed by atoms with E-state index in [9.17, 15) is 9.59 Å². The predicted octanol–water partition coefficient (Wildman–Crippen LogP) is 2.85. The van der Waals surface area contributed by atoms with Gasteiger partial charge in [-0.2, -0.15) is 0 Å². The number of hydrogen-bond donors (Lipinski definition) is 0. The Kier molecular flexibility index (Phi) is 2.26. The maximum atomic E-state index is 11.8. The van der Waals surface area contributed by atoms with Crippen molar-refractivity contribution in [1.29, 1.82) is 0 Å². The number of benzene rings is 1. The molecule has 0 fully saturated rings. The van der Waals surface area contributed by atoms with Gasteiger partial charge < -0.3 is 0 Å². The summed E-state index contributed by atoms with van der Waals surface area (Å²) >= 11 is 0. The SMILES string of the molecule is CC(C)c1ccc2c(c1)C(C)(C)C(=O)C2=O. The van der Waals surface area contributed by atoms with Crippen LogP contribution >= 0.6 is 0 Å². The van der Waals surface area contributed by atoms with E-state index in [4.69, 9.17) is 0 Å². The molecule has 0 amide bonds. The van der Waals surface area contributed by atoms with Crippen LogP contribution in [0.5, 0.6) is 0 Å². The third-order valence-corrected chi connectivity index (χ3v) is 3.40. The van der Waals surface area contributed by atoms with Crippen LogP contribution in [0, 0.1) is 0 Å². The average Bonchev–Trinajstić information content (AvgIpc) is 2.40. The molecule has 0 N–H and O–H groups in total. The van der Waals surface area contributed by atoms with Crippen LogP contribution in [0.1, 0.15) is 55.1 Å². The summed E-state index contributed by atoms with van der Waals surface area (Å²) in [5.41, 5.74) is 1.99. The number of carbonyl (C=O) groups is 2. The number of ketones is 2. The molecule has 2 heteroatoms. The predicted molar refractivity (Wildman–Crippen MR) is 62.9 cm³/mol. The zero-order valence-electron chi connectivity index (χ0n) is 10.1. The fourth-order valence-corrected chi connectivity index (χ4v) is 2.16. The van der Waals surface area contributed by atoms with E-state index in [0.717, 1.165) is 5.56 Å². The standard InChI is InChI=1S/C14H16O2/c1-8(2)9-5-6-10-11(7-9)14(3,4)13(16)12(10)15/h5-8H,1-4H3. The van der Waals surface area contributed by atoms with E-state index < -0.39 is 5.41 Å². The summed E-state index contributed by atoms with van der Waals surface area (Å²) in [7, 11) is 0. The zero-order valence-corrected chi connectivity index (χ0v) is 10.1. The van der Waals surface area contributed by atoms with Crippen LogP contribution in [0.3, 0.4) is 0 Å². The molecule has 1 aliphatic rings. The van der Waals surface area contributed by atoms with Crippen molar-refractivity contribution in [3.05, 3.63) is 34.9 Å². The Hall–Kier alpha value is -1.44. The highest BCUT2D eigenvalue weighted by Gasteiger charge is 2.44. The van der Waals surface area contributed by atoms with E-state index in [-0.39, 0.29) is 11.6 Å². The Morgan fingerprint density at radius 1 is 1.12 bits per heavy atom. The van der Waals surface area contributed by atoms with E-state index in [1.54, 1.807) is 6.07 Å². The van der Waals surface area contributed by atoms with Crippen molar-refractivity contribution in [2.45, 2.75) is 39.0 Å². The Labute approximate surface area is 95.7 Å². The zero-order chi connectivity index (χ0) is 12.1.